The van der Waals surface area contributed by atoms with Gasteiger partial charge in [0, 0.05) is 5.56 Å². The minimum Gasteiger partial charge on any atom is -1.00 e. The largest absolute Gasteiger partial charge is 1.00 e. The normalized spacial score (nSPS) is 10.8. The number of ether oxygens (including phenoxy) is 1. The van der Waals surface area contributed by atoms with Gasteiger partial charge in [0.1, 0.15) is 35.2 Å². The van der Waals surface area contributed by atoms with Gasteiger partial charge in [-0.2, -0.15) is 0 Å². The highest BCUT2D eigenvalue weighted by Crippen LogP contribution is 2.55. The van der Waals surface area contributed by atoms with Gasteiger partial charge >= 0.3 is 0 Å². The molecule has 0 amide bonds. The number of unbranched alkanes of at least 4 members (excludes halogenated alkanes) is 1. The smallest absolute Gasteiger partial charge is 0.150 e. The van der Waals surface area contributed by atoms with Crippen LogP contribution in [-0.2, 0) is 0 Å². The molecular weight excluding hydrogens is 491 g/mol. The minimum absolute atomic E-state index is 0. The van der Waals surface area contributed by atoms with E-state index in [-0.39, 0.29) is 17.0 Å². The molecule has 0 fully saturated rings. The monoisotopic (exact) mass is 518 g/mol. The van der Waals surface area contributed by atoms with Gasteiger partial charge in [-0.3, -0.25) is 4.79 Å². The zero-order chi connectivity index (χ0) is 22.1. The van der Waals surface area contributed by atoms with Crippen molar-refractivity contribution >= 4 is 29.5 Å². The molecule has 33 heavy (non-hydrogen) atoms. The first-order chi connectivity index (χ1) is 15.8. The summed E-state index contributed by atoms with van der Waals surface area (Å²) < 4.78 is 5.93. The molecule has 0 aromatic heterocycles. The summed E-state index contributed by atoms with van der Waals surface area (Å²) in [4.78, 5) is 10.8. The molecule has 0 radical (unpaired) electrons. The molecule has 0 saturated heterocycles. The van der Waals surface area contributed by atoms with Crippen molar-refractivity contribution in [3.8, 4) is 5.75 Å². The fourth-order valence-electron chi connectivity index (χ4n) is 4.17. The maximum Gasteiger partial charge on any atom is 0.150 e. The lowest BCUT2D eigenvalue weighted by atomic mass is 10.2. The van der Waals surface area contributed by atoms with Crippen LogP contribution in [-0.4, -0.2) is 19.1 Å². The molecule has 4 aromatic carbocycles. The molecule has 0 unspecified atom stereocenters. The Morgan fingerprint density at radius 1 is 0.606 bits per heavy atom. The highest BCUT2D eigenvalue weighted by Gasteiger charge is 2.44. The van der Waals surface area contributed by atoms with Gasteiger partial charge in [0.05, 0.1) is 12.8 Å². The van der Waals surface area contributed by atoms with Crippen LogP contribution < -0.4 is 37.6 Å². The average molecular weight is 519 g/mol. The number of rotatable bonds is 10. The van der Waals surface area contributed by atoms with E-state index in [9.17, 15) is 4.79 Å². The Bertz CT molecular complexity index is 1000. The van der Waals surface area contributed by atoms with Crippen molar-refractivity contribution in [2.24, 2.45) is 0 Å². The SMILES string of the molecule is O=Cc1ccc(OCCCC[P+](c2ccccc2)(c2ccccc2)c2ccccc2)cc1.[Br-]. The van der Waals surface area contributed by atoms with E-state index < -0.39 is 7.26 Å². The fourth-order valence-corrected chi connectivity index (χ4v) is 8.58. The molecule has 4 heteroatoms. The number of hydrogen-bond acceptors (Lipinski definition) is 2. The Morgan fingerprint density at radius 2 is 1.06 bits per heavy atom. The standard InChI is InChI=1S/C29H28O2P.BrH/c30-24-25-18-20-26(21-19-25)31-22-10-11-23-32(27-12-4-1-5-13-27,28-14-6-2-7-15-28)29-16-8-3-9-17-29;/h1-9,12-21,24H,10-11,22-23H2;1H/q+1;/p-1. The molecule has 0 bridgehead atoms. The van der Waals surface area contributed by atoms with Gasteiger partial charge in [-0.15, -0.1) is 0 Å². The van der Waals surface area contributed by atoms with Crippen molar-refractivity contribution in [3.05, 3.63) is 121 Å². The predicted molar refractivity (Wildman–Crippen MR) is 137 cm³/mol. The second kappa shape index (κ2) is 12.5. The molecule has 4 aromatic rings. The maximum absolute atomic E-state index is 10.8. The highest BCUT2D eigenvalue weighted by atomic mass is 79.9. The summed E-state index contributed by atoms with van der Waals surface area (Å²) in [6.07, 6.45) is 3.99. The zero-order valence-electron chi connectivity index (χ0n) is 18.5. The number of hydrogen-bond donors (Lipinski definition) is 0. The summed E-state index contributed by atoms with van der Waals surface area (Å²) >= 11 is 0. The summed E-state index contributed by atoms with van der Waals surface area (Å²) in [7, 11) is -1.77. The van der Waals surface area contributed by atoms with E-state index in [0.29, 0.717) is 12.2 Å². The minimum atomic E-state index is -1.77. The Balaban J connectivity index is 0.00000306. The zero-order valence-corrected chi connectivity index (χ0v) is 21.0. The van der Waals surface area contributed by atoms with Crippen LogP contribution in [0.25, 0.3) is 0 Å². The number of benzene rings is 4. The van der Waals surface area contributed by atoms with Crippen molar-refractivity contribution in [2.45, 2.75) is 12.8 Å². The maximum atomic E-state index is 10.8. The lowest BCUT2D eigenvalue weighted by Gasteiger charge is -2.27. The Morgan fingerprint density at radius 3 is 1.48 bits per heavy atom. The van der Waals surface area contributed by atoms with Crippen LogP contribution in [0, 0.1) is 0 Å². The molecular formula is C29H28BrO2P. The van der Waals surface area contributed by atoms with Crippen molar-refractivity contribution in [1.29, 1.82) is 0 Å². The van der Waals surface area contributed by atoms with Gasteiger partial charge in [0.2, 0.25) is 0 Å². The molecule has 4 rings (SSSR count). The van der Waals surface area contributed by atoms with Gasteiger partial charge in [0.15, 0.2) is 0 Å². The molecule has 2 nitrogen and oxygen atoms in total. The fraction of sp³-hybridized carbons (Fsp3) is 0.138. The number of halogens is 1. The molecule has 0 N–H and O–H groups in total. The Hall–Kier alpha value is -2.74. The first kappa shape index (κ1) is 24.9. The van der Waals surface area contributed by atoms with E-state index in [1.807, 2.05) is 12.1 Å². The van der Waals surface area contributed by atoms with E-state index in [1.54, 1.807) is 12.1 Å². The Kier molecular flexibility index (Phi) is 9.42. The number of aldehydes is 1. The first-order valence-electron chi connectivity index (χ1n) is 11.1. The number of carbonyl (C=O) groups is 1. The van der Waals surface area contributed by atoms with Crippen LogP contribution in [0.3, 0.4) is 0 Å². The van der Waals surface area contributed by atoms with Crippen LogP contribution in [0.5, 0.6) is 5.75 Å². The molecule has 0 atom stereocenters. The third-order valence-electron chi connectivity index (χ3n) is 5.76. The molecule has 0 aliphatic rings. The van der Waals surface area contributed by atoms with Crippen LogP contribution in [0.1, 0.15) is 23.2 Å². The van der Waals surface area contributed by atoms with Crippen molar-refractivity contribution in [1.82, 2.24) is 0 Å². The summed E-state index contributed by atoms with van der Waals surface area (Å²) in [6, 6.07) is 40.3. The highest BCUT2D eigenvalue weighted by molar-refractivity contribution is 7.95. The second-order valence-corrected chi connectivity index (χ2v) is 11.4. The third-order valence-corrected chi connectivity index (χ3v) is 10.3. The van der Waals surface area contributed by atoms with Gasteiger partial charge < -0.3 is 21.7 Å². The van der Waals surface area contributed by atoms with Crippen LogP contribution in [0.4, 0.5) is 0 Å². The van der Waals surface area contributed by atoms with Crippen LogP contribution in [0.2, 0.25) is 0 Å². The van der Waals surface area contributed by atoms with E-state index in [4.69, 9.17) is 4.74 Å². The van der Waals surface area contributed by atoms with Crippen molar-refractivity contribution in [3.63, 3.8) is 0 Å². The summed E-state index contributed by atoms with van der Waals surface area (Å²) in [5.74, 6) is 0.811. The van der Waals surface area contributed by atoms with Crippen molar-refractivity contribution < 1.29 is 26.5 Å². The van der Waals surface area contributed by atoms with Gasteiger partial charge in [-0.25, -0.2) is 0 Å². The Labute approximate surface area is 207 Å². The van der Waals surface area contributed by atoms with Crippen molar-refractivity contribution in [2.75, 3.05) is 12.8 Å². The van der Waals surface area contributed by atoms with Gasteiger partial charge in [-0.05, 0) is 73.5 Å². The second-order valence-electron chi connectivity index (χ2n) is 7.78. The van der Waals surface area contributed by atoms with Gasteiger partial charge in [0.25, 0.3) is 0 Å². The molecule has 0 spiro atoms. The third kappa shape index (κ3) is 5.99. The van der Waals surface area contributed by atoms with E-state index >= 15 is 0 Å². The van der Waals surface area contributed by atoms with Crippen LogP contribution in [0.15, 0.2) is 115 Å². The average Bonchev–Trinajstić information content (AvgIpc) is 2.88. The summed E-state index contributed by atoms with van der Waals surface area (Å²) in [5, 5.41) is 4.26. The van der Waals surface area contributed by atoms with Gasteiger partial charge in [-0.1, -0.05) is 54.6 Å². The predicted octanol–water partition coefficient (Wildman–Crippen LogP) is 2.66. The molecule has 0 aliphatic heterocycles. The lowest BCUT2D eigenvalue weighted by Crippen LogP contribution is -3.00. The number of carbonyl (C=O) groups excluding carboxylic acids is 1. The van der Waals surface area contributed by atoms with E-state index in [2.05, 4.69) is 91.0 Å². The first-order valence-corrected chi connectivity index (χ1v) is 13.0. The van der Waals surface area contributed by atoms with Crippen LogP contribution >= 0.6 is 7.26 Å². The molecule has 0 aliphatic carbocycles. The quantitative estimate of drug-likeness (QED) is 0.183. The molecule has 168 valence electrons. The molecule has 0 heterocycles. The lowest BCUT2D eigenvalue weighted by molar-refractivity contribution is -0.0000131. The molecule has 0 saturated carbocycles. The van der Waals surface area contributed by atoms with E-state index in [1.165, 1.54) is 15.9 Å². The summed E-state index contributed by atoms with van der Waals surface area (Å²) in [5.41, 5.74) is 0.667. The topological polar surface area (TPSA) is 26.3 Å². The van der Waals surface area contributed by atoms with E-state index in [0.717, 1.165) is 31.0 Å². The summed E-state index contributed by atoms with van der Waals surface area (Å²) in [6.45, 7) is 0.665.